The van der Waals surface area contributed by atoms with Crippen LogP contribution in [0, 0.1) is 0 Å². The average Bonchev–Trinajstić information content (AvgIpc) is 2.96. The highest BCUT2D eigenvalue weighted by molar-refractivity contribution is 8.19. The number of nitrogens with zero attached hydrogens (tertiary/aromatic N) is 1. The zero-order chi connectivity index (χ0) is 20.1. The van der Waals surface area contributed by atoms with Crippen LogP contribution in [0.3, 0.4) is 0 Å². The highest BCUT2D eigenvalue weighted by Crippen LogP contribution is 2.37. The number of thioether (sulfide) groups is 1. The number of rotatable bonds is 7. The second kappa shape index (κ2) is 9.17. The highest BCUT2D eigenvalue weighted by Gasteiger charge is 2.36. The van der Waals surface area contributed by atoms with Gasteiger partial charge in [0.05, 0.1) is 24.3 Å². The van der Waals surface area contributed by atoms with Gasteiger partial charge in [0.15, 0.2) is 11.5 Å². The Morgan fingerprint density at radius 3 is 2.68 bits per heavy atom. The molecule has 146 valence electrons. The molecule has 5 nitrogen and oxygen atoms in total. The molecule has 1 aliphatic heterocycles. The van der Waals surface area contributed by atoms with Gasteiger partial charge in [-0.3, -0.25) is 9.59 Å². The van der Waals surface area contributed by atoms with Crippen LogP contribution in [0.15, 0.2) is 47.4 Å². The molecule has 2 aromatic rings. The summed E-state index contributed by atoms with van der Waals surface area (Å²) in [5, 5.41) is 0.105. The van der Waals surface area contributed by atoms with E-state index in [1.54, 1.807) is 43.5 Å². The summed E-state index contributed by atoms with van der Waals surface area (Å²) in [6.07, 6.45) is 3.68. The van der Waals surface area contributed by atoms with Crippen molar-refractivity contribution in [3.05, 3.63) is 58.0 Å². The molecule has 7 heteroatoms. The van der Waals surface area contributed by atoms with E-state index in [9.17, 15) is 9.59 Å². The van der Waals surface area contributed by atoms with Gasteiger partial charge in [0.1, 0.15) is 0 Å². The highest BCUT2D eigenvalue weighted by atomic mass is 35.5. The van der Waals surface area contributed by atoms with Crippen molar-refractivity contribution < 1.29 is 19.1 Å². The number of halogens is 1. The van der Waals surface area contributed by atoms with Crippen LogP contribution in [0.25, 0.3) is 6.08 Å². The minimum atomic E-state index is -0.375. The molecule has 2 aromatic carbocycles. The Balaban J connectivity index is 1.83. The monoisotopic (exact) mass is 417 g/mol. The molecule has 0 spiro atoms. The van der Waals surface area contributed by atoms with Crippen LogP contribution in [-0.4, -0.2) is 24.9 Å². The Morgan fingerprint density at radius 2 is 1.96 bits per heavy atom. The molecule has 0 saturated carbocycles. The number of unbranched alkanes of at least 4 members (excludes halogenated alkanes) is 1. The van der Waals surface area contributed by atoms with Gasteiger partial charge in [-0.2, -0.15) is 0 Å². The maximum Gasteiger partial charge on any atom is 0.298 e. The fraction of sp³-hybridized carbons (Fsp3) is 0.238. The van der Waals surface area contributed by atoms with Crippen molar-refractivity contribution in [2.45, 2.75) is 19.8 Å². The number of anilines is 1. The molecule has 1 heterocycles. The smallest absolute Gasteiger partial charge is 0.298 e. The Hall–Kier alpha value is -2.44. The fourth-order valence-corrected chi connectivity index (χ4v) is 3.70. The van der Waals surface area contributed by atoms with E-state index in [1.165, 1.54) is 0 Å². The number of methoxy groups -OCH3 is 1. The molecule has 0 unspecified atom stereocenters. The van der Waals surface area contributed by atoms with Crippen molar-refractivity contribution in [2.75, 3.05) is 18.6 Å². The molecular weight excluding hydrogens is 398 g/mol. The van der Waals surface area contributed by atoms with Crippen molar-refractivity contribution >= 4 is 46.3 Å². The SMILES string of the molecule is CCCCOc1ccc(/C=C2/SC(=O)N(c3cccc(Cl)c3)C2=O)cc1OC. The van der Waals surface area contributed by atoms with Gasteiger partial charge in [0, 0.05) is 5.02 Å². The quantitative estimate of drug-likeness (QED) is 0.423. The van der Waals surface area contributed by atoms with Gasteiger partial charge in [-0.05, 0) is 60.2 Å². The molecule has 0 aliphatic carbocycles. The summed E-state index contributed by atoms with van der Waals surface area (Å²) in [5.41, 5.74) is 1.20. The number of imide groups is 1. The van der Waals surface area contributed by atoms with E-state index in [0.29, 0.717) is 33.7 Å². The summed E-state index contributed by atoms with van der Waals surface area (Å²) < 4.78 is 11.1. The van der Waals surface area contributed by atoms with Crippen LogP contribution >= 0.6 is 23.4 Å². The fourth-order valence-electron chi connectivity index (χ4n) is 2.68. The van der Waals surface area contributed by atoms with E-state index < -0.39 is 0 Å². The number of carbonyl (C=O) groups is 2. The van der Waals surface area contributed by atoms with Crippen LogP contribution < -0.4 is 14.4 Å². The largest absolute Gasteiger partial charge is 0.493 e. The number of amides is 2. The molecular formula is C21H20ClNO4S. The summed E-state index contributed by atoms with van der Waals surface area (Å²) in [5.74, 6) is 0.860. The van der Waals surface area contributed by atoms with Gasteiger partial charge < -0.3 is 9.47 Å². The van der Waals surface area contributed by atoms with Crippen molar-refractivity contribution in [3.63, 3.8) is 0 Å². The van der Waals surface area contributed by atoms with E-state index in [-0.39, 0.29) is 11.1 Å². The molecule has 2 amide bonds. The third kappa shape index (κ3) is 4.51. The molecule has 1 fully saturated rings. The summed E-state index contributed by atoms with van der Waals surface area (Å²) >= 11 is 6.88. The zero-order valence-corrected chi connectivity index (χ0v) is 17.2. The standard InChI is InChI=1S/C21H20ClNO4S/c1-3-4-10-27-17-9-8-14(11-18(17)26-2)12-19-20(24)23(21(25)28-19)16-7-5-6-15(22)13-16/h5-9,11-13H,3-4,10H2,1-2H3/b19-12+. The number of carbonyl (C=O) groups excluding carboxylic acids is 2. The maximum atomic E-state index is 12.7. The average molecular weight is 418 g/mol. The summed E-state index contributed by atoms with van der Waals surface area (Å²) in [7, 11) is 1.57. The number of benzene rings is 2. The number of ether oxygens (including phenoxy) is 2. The first-order valence-corrected chi connectivity index (χ1v) is 10.1. The van der Waals surface area contributed by atoms with Gasteiger partial charge in [-0.1, -0.05) is 37.1 Å². The van der Waals surface area contributed by atoms with Crippen LogP contribution in [-0.2, 0) is 4.79 Å². The predicted molar refractivity (Wildman–Crippen MR) is 113 cm³/mol. The van der Waals surface area contributed by atoms with E-state index in [0.717, 1.165) is 35.1 Å². The summed E-state index contributed by atoms with van der Waals surface area (Å²) in [6.45, 7) is 2.71. The van der Waals surface area contributed by atoms with Crippen molar-refractivity contribution in [2.24, 2.45) is 0 Å². The first kappa shape index (κ1) is 20.3. The first-order valence-electron chi connectivity index (χ1n) is 8.88. The molecule has 3 rings (SSSR count). The molecule has 0 aromatic heterocycles. The second-order valence-electron chi connectivity index (χ2n) is 6.11. The third-order valence-electron chi connectivity index (χ3n) is 4.10. The van der Waals surface area contributed by atoms with Gasteiger partial charge in [-0.25, -0.2) is 4.90 Å². The minimum absolute atomic E-state index is 0.340. The van der Waals surface area contributed by atoms with Gasteiger partial charge in [0.25, 0.3) is 11.1 Å². The van der Waals surface area contributed by atoms with Crippen LogP contribution in [0.1, 0.15) is 25.3 Å². The van der Waals surface area contributed by atoms with Crippen LogP contribution in [0.2, 0.25) is 5.02 Å². The lowest BCUT2D eigenvalue weighted by Crippen LogP contribution is -2.27. The van der Waals surface area contributed by atoms with Crippen molar-refractivity contribution in [1.82, 2.24) is 0 Å². The molecule has 0 N–H and O–H groups in total. The van der Waals surface area contributed by atoms with E-state index in [4.69, 9.17) is 21.1 Å². The minimum Gasteiger partial charge on any atom is -0.493 e. The lowest BCUT2D eigenvalue weighted by Gasteiger charge is -2.12. The molecule has 28 heavy (non-hydrogen) atoms. The Labute approximate surface area is 173 Å². The zero-order valence-electron chi connectivity index (χ0n) is 15.6. The third-order valence-corrected chi connectivity index (χ3v) is 5.21. The summed E-state index contributed by atoms with van der Waals surface area (Å²) in [6, 6.07) is 12.1. The maximum absolute atomic E-state index is 12.7. The Bertz CT molecular complexity index is 928. The molecule has 0 radical (unpaired) electrons. The number of hydrogen-bond acceptors (Lipinski definition) is 5. The summed E-state index contributed by atoms with van der Waals surface area (Å²) in [4.78, 5) is 26.6. The molecule has 0 bridgehead atoms. The normalized spacial score (nSPS) is 15.4. The Morgan fingerprint density at radius 1 is 1.14 bits per heavy atom. The molecule has 1 aliphatic rings. The lowest BCUT2D eigenvalue weighted by atomic mass is 10.1. The van der Waals surface area contributed by atoms with Crippen molar-refractivity contribution in [3.8, 4) is 11.5 Å². The predicted octanol–water partition coefficient (Wildman–Crippen LogP) is 5.77. The Kier molecular flexibility index (Phi) is 6.65. The topological polar surface area (TPSA) is 55.8 Å². The van der Waals surface area contributed by atoms with Crippen molar-refractivity contribution in [1.29, 1.82) is 0 Å². The molecule has 0 atom stereocenters. The number of hydrogen-bond donors (Lipinski definition) is 0. The van der Waals surface area contributed by atoms with Gasteiger partial charge >= 0.3 is 0 Å². The van der Waals surface area contributed by atoms with Gasteiger partial charge in [0.2, 0.25) is 0 Å². The van der Waals surface area contributed by atoms with E-state index >= 15 is 0 Å². The van der Waals surface area contributed by atoms with E-state index in [1.807, 2.05) is 12.1 Å². The second-order valence-corrected chi connectivity index (χ2v) is 7.54. The van der Waals surface area contributed by atoms with Crippen LogP contribution in [0.5, 0.6) is 11.5 Å². The first-order chi connectivity index (χ1) is 13.5. The van der Waals surface area contributed by atoms with Gasteiger partial charge in [-0.15, -0.1) is 0 Å². The van der Waals surface area contributed by atoms with E-state index in [2.05, 4.69) is 6.92 Å². The lowest BCUT2D eigenvalue weighted by molar-refractivity contribution is -0.113. The molecule has 1 saturated heterocycles. The van der Waals surface area contributed by atoms with Crippen LogP contribution in [0.4, 0.5) is 10.5 Å².